The highest BCUT2D eigenvalue weighted by atomic mass is 19.4. The second-order valence-electron chi connectivity index (χ2n) is 6.49. The van der Waals surface area contributed by atoms with Crippen molar-refractivity contribution < 1.29 is 32.2 Å². The van der Waals surface area contributed by atoms with Crippen LogP contribution in [0, 0.1) is 0 Å². The summed E-state index contributed by atoms with van der Waals surface area (Å²) < 4.78 is 46.6. The number of alkyl halides is 3. The van der Waals surface area contributed by atoms with E-state index in [4.69, 9.17) is 4.74 Å². The smallest absolute Gasteiger partial charge is 0.422 e. The van der Waals surface area contributed by atoms with E-state index in [0.717, 1.165) is 0 Å². The molecule has 0 aromatic carbocycles. The molecule has 0 bridgehead atoms. The van der Waals surface area contributed by atoms with E-state index < -0.39 is 12.8 Å². The summed E-state index contributed by atoms with van der Waals surface area (Å²) >= 11 is 0. The summed E-state index contributed by atoms with van der Waals surface area (Å²) in [5.41, 5.74) is 1.36. The molecule has 0 atom stereocenters. The molecule has 0 fully saturated rings. The van der Waals surface area contributed by atoms with Crippen molar-refractivity contribution in [3.05, 3.63) is 47.3 Å². The van der Waals surface area contributed by atoms with Gasteiger partial charge in [0.2, 0.25) is 11.8 Å². The molecule has 0 radical (unpaired) electrons. The lowest BCUT2D eigenvalue weighted by atomic mass is 10.1. The predicted molar refractivity (Wildman–Crippen MR) is 101 cm³/mol. The number of ketones is 1. The van der Waals surface area contributed by atoms with Gasteiger partial charge in [0.05, 0.1) is 13.7 Å². The fourth-order valence-corrected chi connectivity index (χ4v) is 2.57. The van der Waals surface area contributed by atoms with Gasteiger partial charge in [0.15, 0.2) is 6.61 Å². The summed E-state index contributed by atoms with van der Waals surface area (Å²) in [7, 11) is 2.88. The van der Waals surface area contributed by atoms with E-state index in [9.17, 15) is 22.8 Å². The molecular formula is C20H22F3N3O4. The summed E-state index contributed by atoms with van der Waals surface area (Å²) in [5.74, 6) is -0.481. The van der Waals surface area contributed by atoms with Gasteiger partial charge in [0.1, 0.15) is 5.78 Å². The van der Waals surface area contributed by atoms with E-state index in [1.807, 2.05) is 0 Å². The number of carbonyl (C=O) groups is 2. The number of halogens is 3. The van der Waals surface area contributed by atoms with Gasteiger partial charge in [0, 0.05) is 49.0 Å². The van der Waals surface area contributed by atoms with Crippen molar-refractivity contribution in [2.75, 3.05) is 20.8 Å². The molecule has 0 saturated carbocycles. The predicted octanol–water partition coefficient (Wildman–Crippen LogP) is 3.22. The summed E-state index contributed by atoms with van der Waals surface area (Å²) in [4.78, 5) is 33.8. The summed E-state index contributed by atoms with van der Waals surface area (Å²) in [6, 6.07) is 5.88. The Labute approximate surface area is 171 Å². The van der Waals surface area contributed by atoms with E-state index in [0.29, 0.717) is 23.2 Å². The molecule has 0 saturated heterocycles. The number of nitrogens with zero attached hydrogens (tertiary/aromatic N) is 3. The molecule has 162 valence electrons. The number of rotatable bonds is 9. The number of ether oxygens (including phenoxy) is 2. The van der Waals surface area contributed by atoms with Crippen LogP contribution in [0.15, 0.2) is 30.5 Å². The third-order valence-corrected chi connectivity index (χ3v) is 4.08. The molecule has 0 aliphatic heterocycles. The molecule has 0 spiro atoms. The van der Waals surface area contributed by atoms with Crippen molar-refractivity contribution in [3.8, 4) is 11.8 Å². The Kier molecular flexibility index (Phi) is 7.73. The lowest BCUT2D eigenvalue weighted by Crippen LogP contribution is -2.27. The Bertz CT molecular complexity index is 903. The van der Waals surface area contributed by atoms with Crippen molar-refractivity contribution in [3.63, 3.8) is 0 Å². The molecule has 2 heterocycles. The molecule has 2 rings (SSSR count). The Balaban J connectivity index is 2.11. The second kappa shape index (κ2) is 10.0. The van der Waals surface area contributed by atoms with Crippen LogP contribution in [-0.2, 0) is 17.8 Å². The topological polar surface area (TPSA) is 81.6 Å². The zero-order chi connectivity index (χ0) is 22.3. The van der Waals surface area contributed by atoms with E-state index in [2.05, 4.69) is 14.7 Å². The first-order valence-electron chi connectivity index (χ1n) is 9.08. The van der Waals surface area contributed by atoms with Crippen LogP contribution in [0.2, 0.25) is 0 Å². The van der Waals surface area contributed by atoms with Crippen molar-refractivity contribution in [1.82, 2.24) is 14.9 Å². The molecule has 0 N–H and O–H groups in total. The SMILES string of the molecule is CCC(=O)Cc1cc(C(=O)N(C)Cc2ccc(OCC(F)(F)F)nc2OC)ccn1. The first kappa shape index (κ1) is 23.1. The molecule has 1 amide bonds. The minimum atomic E-state index is -4.48. The molecule has 10 heteroatoms. The molecule has 0 aliphatic carbocycles. The molecule has 0 unspecified atom stereocenters. The number of aromatic nitrogens is 2. The first-order valence-corrected chi connectivity index (χ1v) is 9.08. The number of amides is 1. The quantitative estimate of drug-likeness (QED) is 0.614. The maximum Gasteiger partial charge on any atom is 0.422 e. The van der Waals surface area contributed by atoms with Crippen LogP contribution < -0.4 is 9.47 Å². The molecular weight excluding hydrogens is 403 g/mol. The van der Waals surface area contributed by atoms with Gasteiger partial charge in [-0.25, -0.2) is 0 Å². The van der Waals surface area contributed by atoms with Gasteiger partial charge in [-0.15, -0.1) is 0 Å². The monoisotopic (exact) mass is 425 g/mol. The fourth-order valence-electron chi connectivity index (χ4n) is 2.57. The van der Waals surface area contributed by atoms with Crippen molar-refractivity contribution in [2.45, 2.75) is 32.5 Å². The van der Waals surface area contributed by atoms with Gasteiger partial charge in [-0.2, -0.15) is 18.2 Å². The highest BCUT2D eigenvalue weighted by Crippen LogP contribution is 2.23. The van der Waals surface area contributed by atoms with Crippen LogP contribution >= 0.6 is 0 Å². The highest BCUT2D eigenvalue weighted by Gasteiger charge is 2.29. The standard InChI is InChI=1S/C20H22F3N3O4/c1-4-16(27)10-15-9-13(7-8-24-15)19(28)26(2)11-14-5-6-17(25-18(14)29-3)30-12-20(21,22)23/h5-9H,4,10-12H2,1-3H3. The Morgan fingerprint density at radius 3 is 2.57 bits per heavy atom. The van der Waals surface area contributed by atoms with E-state index in [1.165, 1.54) is 30.3 Å². The minimum absolute atomic E-state index is 0.0177. The van der Waals surface area contributed by atoms with E-state index >= 15 is 0 Å². The lowest BCUT2D eigenvalue weighted by Gasteiger charge is -2.19. The fraction of sp³-hybridized carbons (Fsp3) is 0.400. The van der Waals surface area contributed by atoms with Crippen molar-refractivity contribution in [2.24, 2.45) is 0 Å². The van der Waals surface area contributed by atoms with Crippen LogP contribution in [0.1, 0.15) is 35.0 Å². The minimum Gasteiger partial charge on any atom is -0.481 e. The molecule has 2 aromatic heterocycles. The van der Waals surface area contributed by atoms with Gasteiger partial charge in [0.25, 0.3) is 5.91 Å². The van der Waals surface area contributed by atoms with Gasteiger partial charge in [-0.05, 0) is 18.2 Å². The summed E-state index contributed by atoms with van der Waals surface area (Å²) in [6.07, 6.45) is -2.48. The Hall–Kier alpha value is -3.17. The highest BCUT2D eigenvalue weighted by molar-refractivity contribution is 5.94. The maximum absolute atomic E-state index is 12.7. The number of Topliss-reactive ketones (excluding diaryl/α,β-unsaturated/α-hetero) is 1. The normalized spacial score (nSPS) is 11.1. The van der Waals surface area contributed by atoms with E-state index in [1.54, 1.807) is 26.1 Å². The number of hydrogen-bond acceptors (Lipinski definition) is 6. The van der Waals surface area contributed by atoms with Gasteiger partial charge < -0.3 is 14.4 Å². The molecule has 2 aromatic rings. The summed E-state index contributed by atoms with van der Waals surface area (Å²) in [5, 5.41) is 0. The largest absolute Gasteiger partial charge is 0.481 e. The van der Waals surface area contributed by atoms with Crippen LogP contribution in [-0.4, -0.2) is 53.5 Å². The van der Waals surface area contributed by atoms with Crippen LogP contribution in [0.25, 0.3) is 0 Å². The summed E-state index contributed by atoms with van der Waals surface area (Å²) in [6.45, 7) is 0.387. The van der Waals surface area contributed by atoms with Gasteiger partial charge in [-0.1, -0.05) is 6.92 Å². The molecule has 0 aliphatic rings. The average Bonchev–Trinajstić information content (AvgIpc) is 2.71. The van der Waals surface area contributed by atoms with E-state index in [-0.39, 0.29) is 36.4 Å². The maximum atomic E-state index is 12.7. The van der Waals surface area contributed by atoms with Crippen molar-refractivity contribution >= 4 is 11.7 Å². The Morgan fingerprint density at radius 1 is 1.20 bits per heavy atom. The average molecular weight is 425 g/mol. The van der Waals surface area contributed by atoms with Crippen LogP contribution in [0.4, 0.5) is 13.2 Å². The van der Waals surface area contributed by atoms with Crippen LogP contribution in [0.3, 0.4) is 0 Å². The lowest BCUT2D eigenvalue weighted by molar-refractivity contribution is -0.154. The third-order valence-electron chi connectivity index (χ3n) is 4.08. The van der Waals surface area contributed by atoms with Crippen molar-refractivity contribution in [1.29, 1.82) is 0 Å². The van der Waals surface area contributed by atoms with Gasteiger partial charge in [-0.3, -0.25) is 14.6 Å². The number of hydrogen-bond donors (Lipinski definition) is 0. The first-order chi connectivity index (χ1) is 14.1. The molecule has 30 heavy (non-hydrogen) atoms. The third kappa shape index (κ3) is 6.71. The number of pyridine rings is 2. The number of carbonyl (C=O) groups excluding carboxylic acids is 2. The molecule has 7 nitrogen and oxygen atoms in total. The number of methoxy groups -OCH3 is 1. The zero-order valence-corrected chi connectivity index (χ0v) is 16.8. The second-order valence-corrected chi connectivity index (χ2v) is 6.49. The van der Waals surface area contributed by atoms with Gasteiger partial charge >= 0.3 is 6.18 Å². The van der Waals surface area contributed by atoms with Crippen LogP contribution in [0.5, 0.6) is 11.8 Å². The Morgan fingerprint density at radius 2 is 1.93 bits per heavy atom. The zero-order valence-electron chi connectivity index (χ0n) is 16.8.